The molecule has 26 heavy (non-hydrogen) atoms. The highest BCUT2D eigenvalue weighted by atomic mass is 19.4. The highest BCUT2D eigenvalue weighted by molar-refractivity contribution is 5.92. The van der Waals surface area contributed by atoms with Gasteiger partial charge in [-0.15, -0.1) is 0 Å². The van der Waals surface area contributed by atoms with Crippen molar-refractivity contribution in [2.45, 2.75) is 25.9 Å². The summed E-state index contributed by atoms with van der Waals surface area (Å²) in [7, 11) is 0. The van der Waals surface area contributed by atoms with Gasteiger partial charge in [0.15, 0.2) is 0 Å². The van der Waals surface area contributed by atoms with E-state index in [2.05, 4.69) is 0 Å². The number of carbonyl (C=O) groups excluding carboxylic acids is 1. The number of hydrogen-bond acceptors (Lipinski definition) is 5. The summed E-state index contributed by atoms with van der Waals surface area (Å²) < 4.78 is 63.7. The van der Waals surface area contributed by atoms with Gasteiger partial charge in [0.05, 0.1) is 23.7 Å². The van der Waals surface area contributed by atoms with E-state index in [1.807, 2.05) is 0 Å². The molecule has 0 spiro atoms. The monoisotopic (exact) mass is 370 g/mol. The minimum Gasteiger partial charge on any atom is -0.463 e. The molecule has 1 aliphatic rings. The summed E-state index contributed by atoms with van der Waals surface area (Å²) in [6, 6.07) is 3.64. The SMILES string of the molecule is CCOC(=O)C1=C(C)OC(N)=C(C#N)C1c1ccc(F)cc1C(F)(F)F. The summed E-state index contributed by atoms with van der Waals surface area (Å²) in [4.78, 5) is 12.3. The van der Waals surface area contributed by atoms with Crippen LogP contribution in [0.25, 0.3) is 0 Å². The normalized spacial score (nSPS) is 17.7. The summed E-state index contributed by atoms with van der Waals surface area (Å²) >= 11 is 0. The molecule has 0 fully saturated rings. The largest absolute Gasteiger partial charge is 0.463 e. The zero-order valence-corrected chi connectivity index (χ0v) is 13.8. The van der Waals surface area contributed by atoms with Crippen molar-refractivity contribution in [1.82, 2.24) is 0 Å². The molecule has 2 N–H and O–H groups in total. The molecule has 1 aliphatic heterocycles. The van der Waals surface area contributed by atoms with Gasteiger partial charge in [-0.25, -0.2) is 9.18 Å². The van der Waals surface area contributed by atoms with E-state index in [1.165, 1.54) is 13.8 Å². The molecule has 2 rings (SSSR count). The fourth-order valence-electron chi connectivity index (χ4n) is 2.69. The van der Waals surface area contributed by atoms with Crippen molar-refractivity contribution in [1.29, 1.82) is 5.26 Å². The van der Waals surface area contributed by atoms with Crippen molar-refractivity contribution >= 4 is 5.97 Å². The maximum atomic E-state index is 13.4. The number of hydrogen-bond donors (Lipinski definition) is 1. The predicted molar refractivity (Wildman–Crippen MR) is 81.4 cm³/mol. The van der Waals surface area contributed by atoms with Crippen LogP contribution in [0.1, 0.15) is 30.9 Å². The molecule has 5 nitrogen and oxygen atoms in total. The molecule has 0 amide bonds. The van der Waals surface area contributed by atoms with Gasteiger partial charge in [-0.3, -0.25) is 0 Å². The second kappa shape index (κ2) is 7.07. The summed E-state index contributed by atoms with van der Waals surface area (Å²) in [6.07, 6.45) is -4.92. The van der Waals surface area contributed by atoms with E-state index in [0.717, 1.165) is 12.1 Å². The Morgan fingerprint density at radius 2 is 2.08 bits per heavy atom. The van der Waals surface area contributed by atoms with E-state index in [1.54, 1.807) is 6.07 Å². The van der Waals surface area contributed by atoms with Crippen LogP contribution in [0.2, 0.25) is 0 Å². The zero-order valence-electron chi connectivity index (χ0n) is 13.8. The number of benzene rings is 1. The molecule has 1 atom stereocenters. The number of nitriles is 1. The van der Waals surface area contributed by atoms with Gasteiger partial charge >= 0.3 is 12.1 Å². The Morgan fingerprint density at radius 3 is 2.62 bits per heavy atom. The fraction of sp³-hybridized carbons (Fsp3) is 0.294. The van der Waals surface area contributed by atoms with Crippen molar-refractivity contribution in [3.8, 4) is 6.07 Å². The lowest BCUT2D eigenvalue weighted by Crippen LogP contribution is -2.27. The van der Waals surface area contributed by atoms with Gasteiger partial charge in [0, 0.05) is 0 Å². The van der Waals surface area contributed by atoms with Crippen molar-refractivity contribution < 1.29 is 31.8 Å². The first-order chi connectivity index (χ1) is 12.1. The second-order valence-corrected chi connectivity index (χ2v) is 5.34. The van der Waals surface area contributed by atoms with Crippen LogP contribution in [0.4, 0.5) is 17.6 Å². The number of nitrogens with two attached hydrogens (primary N) is 1. The highest BCUT2D eigenvalue weighted by Crippen LogP contribution is 2.44. The third-order valence-electron chi connectivity index (χ3n) is 3.73. The second-order valence-electron chi connectivity index (χ2n) is 5.34. The number of nitrogens with zero attached hydrogens (tertiary/aromatic N) is 1. The first kappa shape index (κ1) is 19.3. The van der Waals surface area contributed by atoms with Gasteiger partial charge in [-0.1, -0.05) is 6.07 Å². The lowest BCUT2D eigenvalue weighted by Gasteiger charge is -2.28. The van der Waals surface area contributed by atoms with E-state index in [0.29, 0.717) is 6.07 Å². The van der Waals surface area contributed by atoms with E-state index in [-0.39, 0.29) is 17.9 Å². The van der Waals surface area contributed by atoms with Crippen LogP contribution in [0.15, 0.2) is 41.0 Å². The minimum atomic E-state index is -4.92. The molecular weight excluding hydrogens is 356 g/mol. The Morgan fingerprint density at radius 1 is 1.42 bits per heavy atom. The van der Waals surface area contributed by atoms with Crippen LogP contribution in [-0.2, 0) is 20.4 Å². The topological polar surface area (TPSA) is 85.3 Å². The number of allylic oxidation sites excluding steroid dienone is 2. The third-order valence-corrected chi connectivity index (χ3v) is 3.73. The molecule has 0 saturated heterocycles. The van der Waals surface area contributed by atoms with Gasteiger partial charge in [0.25, 0.3) is 0 Å². The first-order valence-corrected chi connectivity index (χ1v) is 7.43. The van der Waals surface area contributed by atoms with E-state index < -0.39 is 46.5 Å². The number of ether oxygens (including phenoxy) is 2. The van der Waals surface area contributed by atoms with E-state index in [4.69, 9.17) is 15.2 Å². The number of halogens is 4. The van der Waals surface area contributed by atoms with Crippen molar-refractivity contribution in [3.05, 3.63) is 57.9 Å². The standard InChI is InChI=1S/C17H14F4N2O3/c1-3-25-16(24)13-8(2)26-15(23)11(7-22)14(13)10-5-4-9(18)6-12(10)17(19,20)21/h4-6,14H,3,23H2,1-2H3. The molecule has 0 radical (unpaired) electrons. The van der Waals surface area contributed by atoms with Crippen molar-refractivity contribution in [2.75, 3.05) is 6.61 Å². The quantitative estimate of drug-likeness (QED) is 0.650. The number of esters is 1. The van der Waals surface area contributed by atoms with E-state index in [9.17, 15) is 27.6 Å². The first-order valence-electron chi connectivity index (χ1n) is 7.43. The molecule has 0 saturated carbocycles. The van der Waals surface area contributed by atoms with E-state index >= 15 is 0 Å². The summed E-state index contributed by atoms with van der Waals surface area (Å²) in [6.45, 7) is 2.79. The Hall–Kier alpha value is -3.02. The van der Waals surface area contributed by atoms with Crippen LogP contribution in [0, 0.1) is 17.1 Å². The Bertz CT molecular complexity index is 851. The van der Waals surface area contributed by atoms with Crippen molar-refractivity contribution in [2.24, 2.45) is 5.73 Å². The average Bonchev–Trinajstić information content (AvgIpc) is 2.53. The summed E-state index contributed by atoms with van der Waals surface area (Å²) in [5.74, 6) is -4.08. The van der Waals surface area contributed by atoms with Gasteiger partial charge in [0.1, 0.15) is 23.2 Å². The zero-order chi connectivity index (χ0) is 19.6. The lowest BCUT2D eigenvalue weighted by atomic mass is 9.80. The Labute approximate surface area is 146 Å². The third kappa shape index (κ3) is 3.49. The maximum Gasteiger partial charge on any atom is 0.416 e. The van der Waals surface area contributed by atoms with Crippen LogP contribution < -0.4 is 5.73 Å². The molecule has 0 aromatic heterocycles. The molecule has 1 aromatic rings. The predicted octanol–water partition coefficient (Wildman–Crippen LogP) is 3.49. The molecule has 9 heteroatoms. The van der Waals surface area contributed by atoms with Gasteiger partial charge < -0.3 is 15.2 Å². The van der Waals surface area contributed by atoms with Gasteiger partial charge in [-0.05, 0) is 31.5 Å². The fourth-order valence-corrected chi connectivity index (χ4v) is 2.69. The minimum absolute atomic E-state index is 0.0427. The summed E-state index contributed by atoms with van der Waals surface area (Å²) in [5, 5.41) is 9.36. The summed E-state index contributed by atoms with van der Waals surface area (Å²) in [5.41, 5.74) is 3.12. The maximum absolute atomic E-state index is 13.4. The van der Waals surface area contributed by atoms with Crippen LogP contribution in [0.5, 0.6) is 0 Å². The number of alkyl halides is 3. The van der Waals surface area contributed by atoms with Gasteiger partial charge in [-0.2, -0.15) is 18.4 Å². The molecule has 1 unspecified atom stereocenters. The molecule has 1 aromatic carbocycles. The Balaban J connectivity index is 2.79. The van der Waals surface area contributed by atoms with Crippen LogP contribution in [-0.4, -0.2) is 12.6 Å². The van der Waals surface area contributed by atoms with Gasteiger partial charge in [0.2, 0.25) is 5.88 Å². The molecule has 1 heterocycles. The average molecular weight is 370 g/mol. The number of rotatable bonds is 3. The molecule has 138 valence electrons. The smallest absolute Gasteiger partial charge is 0.416 e. The molecular formula is C17H14F4N2O3. The number of carbonyl (C=O) groups is 1. The lowest BCUT2D eigenvalue weighted by molar-refractivity contribution is -0.141. The molecule has 0 bridgehead atoms. The molecule has 0 aliphatic carbocycles. The van der Waals surface area contributed by atoms with Crippen LogP contribution >= 0.6 is 0 Å². The van der Waals surface area contributed by atoms with Crippen molar-refractivity contribution in [3.63, 3.8) is 0 Å². The Kier molecular flexibility index (Phi) is 5.25. The highest BCUT2D eigenvalue weighted by Gasteiger charge is 2.42. The van der Waals surface area contributed by atoms with Crippen LogP contribution in [0.3, 0.4) is 0 Å².